The van der Waals surface area contributed by atoms with Gasteiger partial charge in [0.1, 0.15) is 18.3 Å². The van der Waals surface area contributed by atoms with Gasteiger partial charge in [-0.3, -0.25) is 9.36 Å². The molecule has 10 nitrogen and oxygen atoms in total. The van der Waals surface area contributed by atoms with E-state index in [1.54, 1.807) is 0 Å². The Labute approximate surface area is 111 Å². The lowest BCUT2D eigenvalue weighted by molar-refractivity contribution is -0.0511. The van der Waals surface area contributed by atoms with Crippen LogP contribution in [0.25, 0.3) is 11.2 Å². The van der Waals surface area contributed by atoms with Crippen LogP contribution in [0.2, 0.25) is 0 Å². The number of aliphatic hydroxyl groups is 3. The molecule has 110 valence electrons. The largest absolute Gasteiger partial charge is 0.412 e. The average molecular weight is 286 g/mol. The third kappa shape index (κ3) is 1.99. The van der Waals surface area contributed by atoms with E-state index < -0.39 is 36.7 Å². The first kappa shape index (κ1) is 14.6. The van der Waals surface area contributed by atoms with Crippen molar-refractivity contribution in [2.24, 2.45) is 0 Å². The van der Waals surface area contributed by atoms with Gasteiger partial charge < -0.3 is 30.5 Å². The van der Waals surface area contributed by atoms with Gasteiger partial charge in [-0.05, 0) is 0 Å². The van der Waals surface area contributed by atoms with Crippen molar-refractivity contribution in [3.05, 3.63) is 23.0 Å². The highest BCUT2D eigenvalue weighted by atomic mass is 16.6. The zero-order valence-electron chi connectivity index (χ0n) is 10.2. The summed E-state index contributed by atoms with van der Waals surface area (Å²) in [6, 6.07) is 0. The van der Waals surface area contributed by atoms with Gasteiger partial charge in [0.15, 0.2) is 17.4 Å². The molecular formula is C10H14N4O6. The summed E-state index contributed by atoms with van der Waals surface area (Å²) in [5, 5.41) is 28.6. The van der Waals surface area contributed by atoms with E-state index in [4.69, 9.17) is 9.84 Å². The van der Waals surface area contributed by atoms with E-state index in [-0.39, 0.29) is 16.6 Å². The molecule has 1 saturated heterocycles. The molecule has 0 saturated carbocycles. The molecule has 2 aromatic heterocycles. The minimum absolute atomic E-state index is 0. The van der Waals surface area contributed by atoms with Crippen molar-refractivity contribution in [3.8, 4) is 0 Å². The van der Waals surface area contributed by atoms with Crippen LogP contribution in [0.4, 0.5) is 0 Å². The summed E-state index contributed by atoms with van der Waals surface area (Å²) in [5.74, 6) is 0. The summed E-state index contributed by atoms with van der Waals surface area (Å²) in [6.07, 6.45) is -1.78. The first-order valence-electron chi connectivity index (χ1n) is 5.66. The predicted molar refractivity (Wildman–Crippen MR) is 64.8 cm³/mol. The van der Waals surface area contributed by atoms with Crippen molar-refractivity contribution >= 4 is 11.2 Å². The Morgan fingerprint density at radius 1 is 1.35 bits per heavy atom. The van der Waals surface area contributed by atoms with Gasteiger partial charge in [-0.25, -0.2) is 9.97 Å². The summed E-state index contributed by atoms with van der Waals surface area (Å²) in [4.78, 5) is 21.8. The number of imidazole rings is 1. The Bertz CT molecular complexity index is 654. The van der Waals surface area contributed by atoms with Crippen molar-refractivity contribution in [1.29, 1.82) is 0 Å². The minimum atomic E-state index is -1.24. The maximum atomic E-state index is 11.5. The molecule has 0 aliphatic carbocycles. The maximum Gasteiger partial charge on any atom is 0.278 e. The average Bonchev–Trinajstić information content (AvgIpc) is 2.94. The van der Waals surface area contributed by atoms with Crippen LogP contribution in [0.5, 0.6) is 0 Å². The number of H-pyrrole nitrogens is 1. The molecule has 0 bridgehead atoms. The minimum Gasteiger partial charge on any atom is -0.412 e. The molecule has 20 heavy (non-hydrogen) atoms. The molecule has 3 heterocycles. The SMILES string of the molecule is O.O=c1[nH]cnc2c1ncn2[C@@H]1O[C@H](CO)[C@@H](O)[C@H]1O. The third-order valence-corrected chi connectivity index (χ3v) is 3.16. The number of nitrogens with one attached hydrogen (secondary N) is 1. The van der Waals surface area contributed by atoms with Crippen LogP contribution in [0.15, 0.2) is 17.4 Å². The fourth-order valence-electron chi connectivity index (χ4n) is 2.16. The summed E-state index contributed by atoms with van der Waals surface area (Å²) in [6.45, 7) is -0.421. The number of nitrogens with zero attached hydrogens (tertiary/aromatic N) is 3. The second kappa shape index (κ2) is 5.26. The van der Waals surface area contributed by atoms with Crippen LogP contribution in [0.1, 0.15) is 6.23 Å². The van der Waals surface area contributed by atoms with Gasteiger partial charge in [-0.2, -0.15) is 0 Å². The zero-order chi connectivity index (χ0) is 13.6. The normalized spacial score (nSPS) is 29.6. The van der Waals surface area contributed by atoms with Crippen LogP contribution in [0.3, 0.4) is 0 Å². The zero-order valence-corrected chi connectivity index (χ0v) is 10.2. The van der Waals surface area contributed by atoms with Crippen molar-refractivity contribution in [2.45, 2.75) is 24.5 Å². The van der Waals surface area contributed by atoms with Crippen LogP contribution in [-0.4, -0.2) is 65.2 Å². The van der Waals surface area contributed by atoms with Gasteiger partial charge in [0.05, 0.1) is 19.3 Å². The molecule has 1 fully saturated rings. The van der Waals surface area contributed by atoms with E-state index in [0.717, 1.165) is 0 Å². The molecule has 1 aliphatic rings. The quantitative estimate of drug-likeness (QED) is 0.454. The summed E-state index contributed by atoms with van der Waals surface area (Å²) in [5.41, 5.74) is -0.0608. The van der Waals surface area contributed by atoms with Crippen molar-refractivity contribution in [3.63, 3.8) is 0 Å². The highest BCUT2D eigenvalue weighted by Gasteiger charge is 2.43. The molecule has 0 unspecified atom stereocenters. The van der Waals surface area contributed by atoms with Gasteiger partial charge in [-0.15, -0.1) is 0 Å². The van der Waals surface area contributed by atoms with Crippen LogP contribution < -0.4 is 5.56 Å². The number of hydrogen-bond acceptors (Lipinski definition) is 7. The molecule has 3 rings (SSSR count). The maximum absolute atomic E-state index is 11.5. The van der Waals surface area contributed by atoms with E-state index in [1.807, 2.05) is 0 Å². The molecule has 6 N–H and O–H groups in total. The highest BCUT2D eigenvalue weighted by molar-refractivity contribution is 5.68. The number of fused-ring (bicyclic) bond motifs is 1. The molecule has 0 spiro atoms. The van der Waals surface area contributed by atoms with Crippen LogP contribution >= 0.6 is 0 Å². The third-order valence-electron chi connectivity index (χ3n) is 3.16. The standard InChI is InChI=1S/C10H12N4O5.H2O/c15-1-4-6(16)7(17)10(19-4)14-3-13-5-8(14)11-2-12-9(5)18;/h2-4,6-7,10,15-17H,1H2,(H,11,12,18);1H2/t4-,6-,7-,10-;/m1./s1. The van der Waals surface area contributed by atoms with E-state index in [9.17, 15) is 15.0 Å². The molecular weight excluding hydrogens is 272 g/mol. The number of aliphatic hydroxyl groups excluding tert-OH is 3. The Morgan fingerprint density at radius 3 is 2.75 bits per heavy atom. The lowest BCUT2D eigenvalue weighted by Crippen LogP contribution is -2.33. The first-order chi connectivity index (χ1) is 9.13. The van der Waals surface area contributed by atoms with Gasteiger partial charge in [0.2, 0.25) is 0 Å². The van der Waals surface area contributed by atoms with Gasteiger partial charge in [0.25, 0.3) is 5.56 Å². The van der Waals surface area contributed by atoms with Crippen LogP contribution in [0, 0.1) is 0 Å². The monoisotopic (exact) mass is 286 g/mol. The first-order valence-corrected chi connectivity index (χ1v) is 5.66. The van der Waals surface area contributed by atoms with E-state index >= 15 is 0 Å². The highest BCUT2D eigenvalue weighted by Crippen LogP contribution is 2.30. The predicted octanol–water partition coefficient (Wildman–Crippen LogP) is -3.09. The molecule has 0 radical (unpaired) electrons. The molecule has 2 aromatic rings. The van der Waals surface area contributed by atoms with Gasteiger partial charge >= 0.3 is 0 Å². The Morgan fingerprint density at radius 2 is 2.10 bits per heavy atom. The number of aromatic nitrogens is 4. The molecule has 1 aliphatic heterocycles. The molecule has 4 atom stereocenters. The van der Waals surface area contributed by atoms with Crippen LogP contribution in [-0.2, 0) is 4.74 Å². The van der Waals surface area contributed by atoms with E-state index in [1.165, 1.54) is 17.2 Å². The lowest BCUT2D eigenvalue weighted by atomic mass is 10.1. The Balaban J connectivity index is 0.00000147. The lowest BCUT2D eigenvalue weighted by Gasteiger charge is -2.16. The van der Waals surface area contributed by atoms with Gasteiger partial charge in [-0.1, -0.05) is 0 Å². The molecule has 10 heteroatoms. The second-order valence-corrected chi connectivity index (χ2v) is 4.28. The summed E-state index contributed by atoms with van der Waals surface area (Å²) >= 11 is 0. The van der Waals surface area contributed by atoms with E-state index in [2.05, 4.69) is 15.0 Å². The Kier molecular flexibility index (Phi) is 3.83. The number of aromatic amines is 1. The molecule has 0 amide bonds. The topological polar surface area (TPSA) is 165 Å². The van der Waals surface area contributed by atoms with Gasteiger partial charge in [0, 0.05) is 0 Å². The smallest absolute Gasteiger partial charge is 0.278 e. The molecule has 0 aromatic carbocycles. The number of ether oxygens (including phenoxy) is 1. The second-order valence-electron chi connectivity index (χ2n) is 4.28. The Hall–Kier alpha value is -1.85. The fraction of sp³-hybridized carbons (Fsp3) is 0.500. The summed E-state index contributed by atoms with van der Waals surface area (Å²) in [7, 11) is 0. The van der Waals surface area contributed by atoms with Crippen molar-refractivity contribution < 1.29 is 25.5 Å². The van der Waals surface area contributed by atoms with E-state index in [0.29, 0.717) is 0 Å². The number of rotatable bonds is 2. The fourth-order valence-corrected chi connectivity index (χ4v) is 2.16. The summed E-state index contributed by atoms with van der Waals surface area (Å²) < 4.78 is 6.70. The van der Waals surface area contributed by atoms with Crippen molar-refractivity contribution in [2.75, 3.05) is 6.61 Å². The van der Waals surface area contributed by atoms with Crippen molar-refractivity contribution in [1.82, 2.24) is 19.5 Å². The number of hydrogen-bond donors (Lipinski definition) is 4.